The minimum absolute atomic E-state index is 0.166. The van der Waals surface area contributed by atoms with Crippen LogP contribution in [-0.4, -0.2) is 19.1 Å². The number of rotatable bonds is 5. The molecule has 0 bridgehead atoms. The zero-order valence-corrected chi connectivity index (χ0v) is 13.4. The summed E-state index contributed by atoms with van der Waals surface area (Å²) in [5.41, 5.74) is -0.620. The number of carbonyl (C=O) groups is 1. The quantitative estimate of drug-likeness (QED) is 0.777. The predicted molar refractivity (Wildman–Crippen MR) is 83.4 cm³/mol. The number of ether oxygens (including phenoxy) is 1. The molecular weight excluding hydrogens is 375 g/mol. The molecule has 1 N–H and O–H groups in total. The molecule has 23 heavy (non-hydrogen) atoms. The summed E-state index contributed by atoms with van der Waals surface area (Å²) in [5, 5.41) is 2.59. The third-order valence-corrected chi connectivity index (χ3v) is 3.61. The van der Waals surface area contributed by atoms with Crippen LogP contribution < -0.4 is 10.1 Å². The molecule has 0 aliphatic rings. The molecule has 2 aromatic carbocycles. The van der Waals surface area contributed by atoms with E-state index < -0.39 is 17.6 Å². The van der Waals surface area contributed by atoms with Gasteiger partial charge < -0.3 is 10.1 Å². The molecule has 0 aliphatic carbocycles. The van der Waals surface area contributed by atoms with Crippen LogP contribution in [0.4, 0.5) is 13.2 Å². The van der Waals surface area contributed by atoms with E-state index in [0.717, 1.165) is 28.7 Å². The summed E-state index contributed by atoms with van der Waals surface area (Å²) in [4.78, 5) is 11.8. The van der Waals surface area contributed by atoms with E-state index in [1.54, 1.807) is 6.07 Å². The summed E-state index contributed by atoms with van der Waals surface area (Å²) in [7, 11) is 0. The van der Waals surface area contributed by atoms with Crippen LogP contribution in [0.2, 0.25) is 0 Å². The molecule has 2 aromatic rings. The molecule has 7 heteroatoms. The number of alkyl halides is 3. The van der Waals surface area contributed by atoms with Crippen molar-refractivity contribution >= 4 is 21.8 Å². The van der Waals surface area contributed by atoms with Gasteiger partial charge in [-0.3, -0.25) is 4.79 Å². The van der Waals surface area contributed by atoms with Crippen molar-refractivity contribution in [1.29, 1.82) is 0 Å². The van der Waals surface area contributed by atoms with Crippen molar-refractivity contribution in [1.82, 2.24) is 5.32 Å². The number of hydrogen-bond acceptors (Lipinski definition) is 2. The van der Waals surface area contributed by atoms with Gasteiger partial charge in [-0.1, -0.05) is 12.1 Å². The number of benzene rings is 2. The van der Waals surface area contributed by atoms with Crippen molar-refractivity contribution in [3.8, 4) is 5.75 Å². The third-order valence-electron chi connectivity index (χ3n) is 2.96. The molecule has 2 rings (SSSR count). The van der Waals surface area contributed by atoms with Crippen molar-refractivity contribution in [3.05, 3.63) is 64.1 Å². The van der Waals surface area contributed by atoms with Crippen molar-refractivity contribution in [2.45, 2.75) is 6.18 Å². The molecule has 0 aliphatic heterocycles. The van der Waals surface area contributed by atoms with E-state index in [-0.39, 0.29) is 18.7 Å². The summed E-state index contributed by atoms with van der Waals surface area (Å²) in [5.74, 6) is 0.200. The number of amides is 1. The van der Waals surface area contributed by atoms with Crippen LogP contribution in [0, 0.1) is 0 Å². The van der Waals surface area contributed by atoms with Gasteiger partial charge in [0.2, 0.25) is 0 Å². The smallest absolute Gasteiger partial charge is 0.416 e. The van der Waals surface area contributed by atoms with Crippen LogP contribution in [0.25, 0.3) is 0 Å². The van der Waals surface area contributed by atoms with E-state index in [2.05, 4.69) is 21.2 Å². The standard InChI is InChI=1S/C16H13BrF3NO2/c17-13-3-1-2-4-14(13)23-10-9-21-15(22)11-5-7-12(8-6-11)16(18,19)20/h1-8H,9-10H2,(H,21,22). The molecule has 3 nitrogen and oxygen atoms in total. The van der Waals surface area contributed by atoms with Gasteiger partial charge in [0, 0.05) is 5.56 Å². The Morgan fingerprint density at radius 2 is 1.74 bits per heavy atom. The number of carbonyl (C=O) groups excluding carboxylic acids is 1. The molecule has 0 atom stereocenters. The van der Waals surface area contributed by atoms with Crippen LogP contribution in [0.5, 0.6) is 5.75 Å². The van der Waals surface area contributed by atoms with Gasteiger partial charge in [0.25, 0.3) is 5.91 Å². The average Bonchev–Trinajstić information content (AvgIpc) is 2.52. The van der Waals surface area contributed by atoms with E-state index in [4.69, 9.17) is 4.74 Å². The first-order valence-corrected chi connectivity index (χ1v) is 7.50. The molecule has 1 amide bonds. The second-order valence-corrected chi connectivity index (χ2v) is 5.46. The van der Waals surface area contributed by atoms with E-state index in [1.165, 1.54) is 0 Å². The van der Waals surface area contributed by atoms with Gasteiger partial charge in [0.05, 0.1) is 16.6 Å². The Morgan fingerprint density at radius 3 is 2.35 bits per heavy atom. The lowest BCUT2D eigenvalue weighted by Crippen LogP contribution is -2.28. The van der Waals surface area contributed by atoms with E-state index in [9.17, 15) is 18.0 Å². The minimum atomic E-state index is -4.41. The van der Waals surface area contributed by atoms with E-state index in [1.807, 2.05) is 18.2 Å². The maximum absolute atomic E-state index is 12.4. The highest BCUT2D eigenvalue weighted by Crippen LogP contribution is 2.29. The molecule has 0 radical (unpaired) electrons. The molecule has 0 aromatic heterocycles. The second kappa shape index (κ2) is 7.50. The summed E-state index contributed by atoms with van der Waals surface area (Å²) < 4.78 is 43.6. The molecule has 0 heterocycles. The zero-order chi connectivity index (χ0) is 16.9. The summed E-state index contributed by atoms with van der Waals surface area (Å²) in [6.07, 6.45) is -4.41. The monoisotopic (exact) mass is 387 g/mol. The molecule has 0 unspecified atom stereocenters. The Labute approximate surface area is 139 Å². The van der Waals surface area contributed by atoms with Crippen LogP contribution in [0.15, 0.2) is 53.0 Å². The van der Waals surface area contributed by atoms with Crippen LogP contribution in [-0.2, 0) is 6.18 Å². The molecule has 122 valence electrons. The van der Waals surface area contributed by atoms with Crippen molar-refractivity contribution in [3.63, 3.8) is 0 Å². The first kappa shape index (κ1) is 17.3. The van der Waals surface area contributed by atoms with Crippen LogP contribution in [0.3, 0.4) is 0 Å². The molecule has 0 saturated carbocycles. The fourth-order valence-electron chi connectivity index (χ4n) is 1.80. The predicted octanol–water partition coefficient (Wildman–Crippen LogP) is 4.28. The van der Waals surface area contributed by atoms with Gasteiger partial charge in [-0.15, -0.1) is 0 Å². The Morgan fingerprint density at radius 1 is 1.09 bits per heavy atom. The Balaban J connectivity index is 1.82. The SMILES string of the molecule is O=C(NCCOc1ccccc1Br)c1ccc(C(F)(F)F)cc1. The fourth-order valence-corrected chi connectivity index (χ4v) is 2.20. The summed E-state index contributed by atoms with van der Waals surface area (Å²) in [6, 6.07) is 11.3. The highest BCUT2D eigenvalue weighted by atomic mass is 79.9. The van der Waals surface area contributed by atoms with Crippen molar-refractivity contribution in [2.75, 3.05) is 13.2 Å². The maximum atomic E-state index is 12.4. The van der Waals surface area contributed by atoms with Gasteiger partial charge >= 0.3 is 6.18 Å². The Hall–Kier alpha value is -2.02. The highest BCUT2D eigenvalue weighted by Gasteiger charge is 2.30. The third kappa shape index (κ3) is 4.99. The lowest BCUT2D eigenvalue weighted by atomic mass is 10.1. The van der Waals surface area contributed by atoms with E-state index >= 15 is 0 Å². The fraction of sp³-hybridized carbons (Fsp3) is 0.188. The molecule has 0 fully saturated rings. The van der Waals surface area contributed by atoms with Crippen molar-refractivity contribution in [2.24, 2.45) is 0 Å². The van der Waals surface area contributed by atoms with E-state index in [0.29, 0.717) is 5.75 Å². The largest absolute Gasteiger partial charge is 0.491 e. The average molecular weight is 388 g/mol. The molecule has 0 saturated heterocycles. The first-order chi connectivity index (χ1) is 10.9. The second-order valence-electron chi connectivity index (χ2n) is 4.61. The van der Waals surface area contributed by atoms with Crippen LogP contribution >= 0.6 is 15.9 Å². The Kier molecular flexibility index (Phi) is 5.65. The lowest BCUT2D eigenvalue weighted by Gasteiger charge is -2.10. The van der Waals surface area contributed by atoms with Gasteiger partial charge in [-0.25, -0.2) is 0 Å². The van der Waals surface area contributed by atoms with Gasteiger partial charge in [0.1, 0.15) is 12.4 Å². The molecular formula is C16H13BrF3NO2. The maximum Gasteiger partial charge on any atom is 0.416 e. The van der Waals surface area contributed by atoms with Gasteiger partial charge in [-0.2, -0.15) is 13.2 Å². The molecule has 0 spiro atoms. The zero-order valence-electron chi connectivity index (χ0n) is 11.9. The topological polar surface area (TPSA) is 38.3 Å². The first-order valence-electron chi connectivity index (χ1n) is 6.71. The normalized spacial score (nSPS) is 11.1. The lowest BCUT2D eigenvalue weighted by molar-refractivity contribution is -0.137. The van der Waals surface area contributed by atoms with Crippen molar-refractivity contribution < 1.29 is 22.7 Å². The van der Waals surface area contributed by atoms with Gasteiger partial charge in [-0.05, 0) is 52.3 Å². The number of nitrogens with one attached hydrogen (secondary N) is 1. The summed E-state index contributed by atoms with van der Waals surface area (Å²) in [6.45, 7) is 0.482. The summed E-state index contributed by atoms with van der Waals surface area (Å²) >= 11 is 3.33. The highest BCUT2D eigenvalue weighted by molar-refractivity contribution is 9.10. The van der Waals surface area contributed by atoms with Gasteiger partial charge in [0.15, 0.2) is 0 Å². The number of halogens is 4. The van der Waals surface area contributed by atoms with Crippen LogP contribution in [0.1, 0.15) is 15.9 Å². The number of para-hydroxylation sites is 1. The Bertz CT molecular complexity index is 672. The number of hydrogen-bond donors (Lipinski definition) is 1. The minimum Gasteiger partial charge on any atom is -0.491 e.